The van der Waals surface area contributed by atoms with Gasteiger partial charge in [0.05, 0.1) is 22.3 Å². The fraction of sp³-hybridized carbons (Fsp3) is 0.391. The van der Waals surface area contributed by atoms with Crippen molar-refractivity contribution in [2.75, 3.05) is 20.8 Å². The third-order valence-corrected chi connectivity index (χ3v) is 8.01. The topological polar surface area (TPSA) is 80.4 Å². The summed E-state index contributed by atoms with van der Waals surface area (Å²) in [5.41, 5.74) is 3.44. The van der Waals surface area contributed by atoms with Gasteiger partial charge in [-0.25, -0.2) is 0 Å². The predicted molar refractivity (Wildman–Crippen MR) is 127 cm³/mol. The molecule has 4 rings (SSSR count). The summed E-state index contributed by atoms with van der Waals surface area (Å²) in [6.45, 7) is 0.521. The van der Waals surface area contributed by atoms with Crippen LogP contribution in [0.5, 0.6) is 0 Å². The lowest BCUT2D eigenvalue weighted by Gasteiger charge is -2.29. The maximum Gasteiger partial charge on any atom is 0.305 e. The number of thiophene rings is 1. The van der Waals surface area contributed by atoms with E-state index in [4.69, 9.17) is 32.7 Å². The quantitative estimate of drug-likeness (QED) is 0.422. The van der Waals surface area contributed by atoms with Gasteiger partial charge in [0.25, 0.3) is 5.91 Å². The van der Waals surface area contributed by atoms with E-state index in [2.05, 4.69) is 22.4 Å². The standard InChI is InChI=1S/C23H24Cl2N2O4S/c1-30-8-7-13(10-18(28)31-2)19-14-6-4-3-5-12(14)9-15(19)27-23(29)16-11-17-21(26-16)20(24)22(25)32-17/h3-6,11,13,15,19,26H,7-10H2,1-2H3,(H,27,29)/t13?,15-,19-/m1/s1. The van der Waals surface area contributed by atoms with Gasteiger partial charge < -0.3 is 19.8 Å². The molecule has 3 atom stereocenters. The lowest BCUT2D eigenvalue weighted by Crippen LogP contribution is -2.41. The summed E-state index contributed by atoms with van der Waals surface area (Å²) in [7, 11) is 3.04. The second-order valence-corrected chi connectivity index (χ2v) is 9.97. The number of halogens is 2. The number of fused-ring (bicyclic) bond motifs is 2. The molecule has 6 nitrogen and oxygen atoms in total. The molecule has 2 N–H and O–H groups in total. The molecule has 32 heavy (non-hydrogen) atoms. The van der Waals surface area contributed by atoms with Gasteiger partial charge in [0.15, 0.2) is 0 Å². The Morgan fingerprint density at radius 3 is 2.78 bits per heavy atom. The molecule has 170 valence electrons. The van der Waals surface area contributed by atoms with Gasteiger partial charge in [-0.2, -0.15) is 0 Å². The SMILES string of the molecule is COCCC(CC(=O)OC)[C@@H]1c2ccccc2C[C@H]1NC(=O)c1cc2sc(Cl)c(Cl)c2[nH]1. The molecule has 2 heterocycles. The van der Waals surface area contributed by atoms with Crippen molar-refractivity contribution in [3.8, 4) is 0 Å². The third kappa shape index (κ3) is 4.53. The van der Waals surface area contributed by atoms with Crippen LogP contribution in [0.4, 0.5) is 0 Å². The molecule has 0 saturated carbocycles. The number of hydrogen-bond donors (Lipinski definition) is 2. The number of ether oxygens (including phenoxy) is 2. The van der Waals surface area contributed by atoms with Crippen LogP contribution in [0.25, 0.3) is 10.2 Å². The monoisotopic (exact) mass is 494 g/mol. The van der Waals surface area contributed by atoms with Crippen LogP contribution in [0.2, 0.25) is 9.36 Å². The van der Waals surface area contributed by atoms with Crippen LogP contribution in [0.15, 0.2) is 30.3 Å². The Kier molecular flexibility index (Phi) is 7.10. The van der Waals surface area contributed by atoms with Crippen molar-refractivity contribution in [1.29, 1.82) is 0 Å². The minimum Gasteiger partial charge on any atom is -0.469 e. The van der Waals surface area contributed by atoms with Gasteiger partial charge in [-0.3, -0.25) is 9.59 Å². The molecule has 0 fully saturated rings. The number of aromatic amines is 1. The van der Waals surface area contributed by atoms with Gasteiger partial charge >= 0.3 is 5.97 Å². The fourth-order valence-electron chi connectivity index (χ4n) is 4.61. The average molecular weight is 495 g/mol. The van der Waals surface area contributed by atoms with E-state index in [-0.39, 0.29) is 36.2 Å². The summed E-state index contributed by atoms with van der Waals surface area (Å²) in [6.07, 6.45) is 1.64. The lowest BCUT2D eigenvalue weighted by atomic mass is 9.80. The molecule has 0 aliphatic heterocycles. The first-order chi connectivity index (χ1) is 15.4. The largest absolute Gasteiger partial charge is 0.469 e. The molecule has 0 radical (unpaired) electrons. The smallest absolute Gasteiger partial charge is 0.305 e. The number of esters is 1. The van der Waals surface area contributed by atoms with Crippen molar-refractivity contribution in [3.05, 3.63) is 56.5 Å². The van der Waals surface area contributed by atoms with E-state index in [0.29, 0.717) is 40.0 Å². The molecule has 3 aromatic rings. The van der Waals surface area contributed by atoms with Crippen molar-refractivity contribution >= 4 is 56.6 Å². The zero-order valence-corrected chi connectivity index (χ0v) is 20.1. The first-order valence-electron chi connectivity index (χ1n) is 10.3. The van der Waals surface area contributed by atoms with Crippen LogP contribution in [-0.4, -0.2) is 43.7 Å². The van der Waals surface area contributed by atoms with Crippen LogP contribution < -0.4 is 5.32 Å². The van der Waals surface area contributed by atoms with E-state index in [1.165, 1.54) is 24.0 Å². The van der Waals surface area contributed by atoms with Gasteiger partial charge in [0.2, 0.25) is 0 Å². The molecule has 0 spiro atoms. The molecule has 1 unspecified atom stereocenters. The van der Waals surface area contributed by atoms with Crippen LogP contribution in [0, 0.1) is 5.92 Å². The summed E-state index contributed by atoms with van der Waals surface area (Å²) < 4.78 is 11.6. The van der Waals surface area contributed by atoms with Gasteiger partial charge in [-0.1, -0.05) is 47.5 Å². The van der Waals surface area contributed by atoms with Crippen molar-refractivity contribution in [2.45, 2.75) is 31.2 Å². The van der Waals surface area contributed by atoms with Gasteiger partial charge in [-0.15, -0.1) is 11.3 Å². The van der Waals surface area contributed by atoms with Crippen molar-refractivity contribution in [3.63, 3.8) is 0 Å². The Labute approximate surface area is 200 Å². The van der Waals surface area contributed by atoms with E-state index in [0.717, 1.165) is 10.3 Å². The highest BCUT2D eigenvalue weighted by Crippen LogP contribution is 2.42. The lowest BCUT2D eigenvalue weighted by molar-refractivity contribution is -0.142. The van der Waals surface area contributed by atoms with Gasteiger partial charge in [-0.05, 0) is 36.0 Å². The highest BCUT2D eigenvalue weighted by atomic mass is 35.5. The van der Waals surface area contributed by atoms with Crippen LogP contribution >= 0.6 is 34.5 Å². The molecule has 1 aliphatic rings. The van der Waals surface area contributed by atoms with E-state index in [1.54, 1.807) is 13.2 Å². The number of carbonyl (C=O) groups excluding carboxylic acids is 2. The van der Waals surface area contributed by atoms with E-state index in [1.807, 2.05) is 12.1 Å². The average Bonchev–Trinajstić information content (AvgIpc) is 3.43. The number of H-pyrrole nitrogens is 1. The van der Waals surface area contributed by atoms with Crippen molar-refractivity contribution in [1.82, 2.24) is 10.3 Å². The number of nitrogens with one attached hydrogen (secondary N) is 2. The molecule has 1 amide bonds. The normalized spacial score (nSPS) is 18.5. The van der Waals surface area contributed by atoms with Crippen LogP contribution in [0.3, 0.4) is 0 Å². The van der Waals surface area contributed by atoms with E-state index < -0.39 is 0 Å². The molecule has 1 aliphatic carbocycles. The fourth-order valence-corrected chi connectivity index (χ4v) is 6.09. The molecular weight excluding hydrogens is 471 g/mol. The minimum atomic E-state index is -0.267. The molecule has 0 bridgehead atoms. The summed E-state index contributed by atoms with van der Waals surface area (Å²) in [4.78, 5) is 28.4. The molecule has 0 saturated heterocycles. The first kappa shape index (κ1) is 23.1. The Hall–Kier alpha value is -2.06. The number of rotatable bonds is 8. The molecule has 1 aromatic carbocycles. The first-order valence-corrected chi connectivity index (χ1v) is 11.9. The number of amides is 1. The highest BCUT2D eigenvalue weighted by molar-refractivity contribution is 7.23. The maximum atomic E-state index is 13.1. The summed E-state index contributed by atoms with van der Waals surface area (Å²) in [5, 5.41) is 3.62. The van der Waals surface area contributed by atoms with Crippen molar-refractivity contribution in [2.24, 2.45) is 5.92 Å². The van der Waals surface area contributed by atoms with E-state index in [9.17, 15) is 9.59 Å². The Balaban J connectivity index is 1.61. The number of aromatic nitrogens is 1. The van der Waals surface area contributed by atoms with Gasteiger partial charge in [0.1, 0.15) is 10.0 Å². The van der Waals surface area contributed by atoms with E-state index >= 15 is 0 Å². The Morgan fingerprint density at radius 1 is 1.28 bits per heavy atom. The Morgan fingerprint density at radius 2 is 2.06 bits per heavy atom. The van der Waals surface area contributed by atoms with Crippen LogP contribution in [0.1, 0.15) is 40.4 Å². The minimum absolute atomic E-state index is 0.0292. The number of carbonyl (C=O) groups is 2. The molecule has 2 aromatic heterocycles. The zero-order chi connectivity index (χ0) is 22.8. The summed E-state index contributed by atoms with van der Waals surface area (Å²) in [5.74, 6) is -0.543. The number of hydrogen-bond acceptors (Lipinski definition) is 5. The Bertz CT molecular complexity index is 1140. The van der Waals surface area contributed by atoms with Crippen molar-refractivity contribution < 1.29 is 19.1 Å². The molecule has 9 heteroatoms. The summed E-state index contributed by atoms with van der Waals surface area (Å²) >= 11 is 13.6. The highest BCUT2D eigenvalue weighted by Gasteiger charge is 2.39. The number of benzene rings is 1. The molecular formula is C23H24Cl2N2O4S. The van der Waals surface area contributed by atoms with Gasteiger partial charge in [0, 0.05) is 32.1 Å². The zero-order valence-electron chi connectivity index (χ0n) is 17.7. The maximum absolute atomic E-state index is 13.1. The predicted octanol–water partition coefficient (Wildman–Crippen LogP) is 5.19. The van der Waals surface area contributed by atoms with Crippen LogP contribution in [-0.2, 0) is 20.7 Å². The second kappa shape index (κ2) is 9.83. The summed E-state index contributed by atoms with van der Waals surface area (Å²) in [6, 6.07) is 9.75. The second-order valence-electron chi connectivity index (χ2n) is 7.94. The number of methoxy groups -OCH3 is 2. The third-order valence-electron chi connectivity index (χ3n) is 6.08.